The SMILES string of the molecule is CC1Cc2cc(C(=O)N3CCN(C(=O)C45CC6CC(CC(C6)C4)C5)CC3)ccc2N1S(C)(=O)=O. The summed E-state index contributed by atoms with van der Waals surface area (Å²) in [5, 5.41) is 0. The molecule has 6 aliphatic rings. The van der Waals surface area contributed by atoms with Gasteiger partial charge in [0.25, 0.3) is 5.91 Å². The van der Waals surface area contributed by atoms with Crippen molar-refractivity contribution in [1.29, 1.82) is 0 Å². The number of sulfonamides is 1. The monoisotopic (exact) mass is 485 g/mol. The van der Waals surface area contributed by atoms with E-state index < -0.39 is 10.0 Å². The summed E-state index contributed by atoms with van der Waals surface area (Å²) in [6.45, 7) is 4.22. The van der Waals surface area contributed by atoms with E-state index in [0.29, 0.717) is 49.8 Å². The maximum atomic E-state index is 13.6. The van der Waals surface area contributed by atoms with Crippen molar-refractivity contribution in [2.75, 3.05) is 36.7 Å². The largest absolute Gasteiger partial charge is 0.339 e. The van der Waals surface area contributed by atoms with Crippen LogP contribution in [0, 0.1) is 23.2 Å². The van der Waals surface area contributed by atoms with E-state index in [9.17, 15) is 18.0 Å². The Balaban J connectivity index is 1.12. The molecule has 1 atom stereocenters. The number of hydrogen-bond acceptors (Lipinski definition) is 4. The maximum absolute atomic E-state index is 13.6. The number of carbonyl (C=O) groups excluding carboxylic acids is 2. The Morgan fingerprint density at radius 2 is 1.47 bits per heavy atom. The van der Waals surface area contributed by atoms with Crippen LogP contribution in [0.2, 0.25) is 0 Å². The van der Waals surface area contributed by atoms with Crippen molar-refractivity contribution in [3.63, 3.8) is 0 Å². The number of fused-ring (bicyclic) bond motifs is 1. The zero-order valence-corrected chi connectivity index (χ0v) is 21.0. The highest BCUT2D eigenvalue weighted by Gasteiger charge is 2.55. The van der Waals surface area contributed by atoms with Crippen LogP contribution in [0.15, 0.2) is 18.2 Å². The molecule has 0 spiro atoms. The third-order valence-corrected chi connectivity index (χ3v) is 10.5. The summed E-state index contributed by atoms with van der Waals surface area (Å²) in [6.07, 6.45) is 9.06. The predicted octanol–water partition coefficient (Wildman–Crippen LogP) is 2.90. The lowest BCUT2D eigenvalue weighted by Crippen LogP contribution is -2.58. The maximum Gasteiger partial charge on any atom is 0.253 e. The molecule has 1 unspecified atom stereocenters. The highest BCUT2D eigenvalue weighted by atomic mass is 32.2. The molecule has 4 aliphatic carbocycles. The number of hydrogen-bond donors (Lipinski definition) is 0. The molecule has 0 N–H and O–H groups in total. The van der Waals surface area contributed by atoms with Crippen LogP contribution in [0.3, 0.4) is 0 Å². The van der Waals surface area contributed by atoms with Crippen molar-refractivity contribution in [2.45, 2.75) is 57.9 Å². The lowest BCUT2D eigenvalue weighted by Gasteiger charge is -2.57. The molecule has 4 saturated carbocycles. The smallest absolute Gasteiger partial charge is 0.253 e. The Morgan fingerprint density at radius 3 is 2.03 bits per heavy atom. The molecular weight excluding hydrogens is 450 g/mol. The molecule has 0 aromatic heterocycles. The molecule has 1 aromatic rings. The van der Waals surface area contributed by atoms with Crippen LogP contribution < -0.4 is 4.31 Å². The minimum Gasteiger partial charge on any atom is -0.339 e. The molecule has 1 aromatic carbocycles. The number of carbonyl (C=O) groups is 2. The number of nitrogens with zero attached hydrogens (tertiary/aromatic N) is 3. The first-order chi connectivity index (χ1) is 16.1. The lowest BCUT2D eigenvalue weighted by molar-refractivity contribution is -0.159. The number of anilines is 1. The zero-order chi connectivity index (χ0) is 23.8. The van der Waals surface area contributed by atoms with Crippen molar-refractivity contribution < 1.29 is 18.0 Å². The van der Waals surface area contributed by atoms with Crippen LogP contribution in [0.4, 0.5) is 5.69 Å². The van der Waals surface area contributed by atoms with Crippen LogP contribution in [-0.4, -0.2) is 68.5 Å². The second kappa shape index (κ2) is 7.70. The molecular formula is C26H35N3O4S. The van der Waals surface area contributed by atoms with Crippen LogP contribution >= 0.6 is 0 Å². The fourth-order valence-electron chi connectivity index (χ4n) is 8.24. The molecule has 0 radical (unpaired) electrons. The van der Waals surface area contributed by atoms with Gasteiger partial charge in [0.1, 0.15) is 0 Å². The van der Waals surface area contributed by atoms with Gasteiger partial charge in [-0.2, -0.15) is 0 Å². The van der Waals surface area contributed by atoms with Crippen molar-refractivity contribution in [1.82, 2.24) is 9.80 Å². The van der Waals surface area contributed by atoms with E-state index in [1.165, 1.54) is 29.8 Å². The molecule has 2 amide bonds. The van der Waals surface area contributed by atoms with Gasteiger partial charge in [0.15, 0.2) is 0 Å². The van der Waals surface area contributed by atoms with Gasteiger partial charge >= 0.3 is 0 Å². The Bertz CT molecular complexity index is 1100. The molecule has 5 fully saturated rings. The summed E-state index contributed by atoms with van der Waals surface area (Å²) in [5.41, 5.74) is 2.06. The Hall–Kier alpha value is -2.09. The average Bonchev–Trinajstić information content (AvgIpc) is 3.12. The summed E-state index contributed by atoms with van der Waals surface area (Å²) in [4.78, 5) is 30.8. The van der Waals surface area contributed by atoms with Gasteiger partial charge in [-0.05, 0) is 93.4 Å². The Kier molecular flexibility index (Phi) is 5.07. The van der Waals surface area contributed by atoms with E-state index in [0.717, 1.165) is 42.6 Å². The summed E-state index contributed by atoms with van der Waals surface area (Å²) < 4.78 is 25.8. The fourth-order valence-corrected chi connectivity index (χ4v) is 9.51. The second-order valence-corrected chi connectivity index (χ2v) is 13.6. The minimum absolute atomic E-state index is 0.0323. The van der Waals surface area contributed by atoms with E-state index in [1.807, 2.05) is 22.8 Å². The quantitative estimate of drug-likeness (QED) is 0.660. The van der Waals surface area contributed by atoms with Crippen molar-refractivity contribution in [3.8, 4) is 0 Å². The first-order valence-corrected chi connectivity index (χ1v) is 14.7. The standard InChI is InChI=1S/C26H35N3O4S/c1-17-9-22-13-21(3-4-23(22)29(17)34(2,32)33)24(30)27-5-7-28(8-6-27)25(31)26-14-18-10-19(15-26)12-20(11-18)16-26/h3-4,13,17-20H,5-12,14-16H2,1-2H3. The number of piperazine rings is 1. The normalized spacial score (nSPS) is 34.5. The minimum atomic E-state index is -3.35. The molecule has 184 valence electrons. The van der Waals surface area contributed by atoms with Crippen molar-refractivity contribution in [2.24, 2.45) is 23.2 Å². The zero-order valence-electron chi connectivity index (χ0n) is 20.2. The highest BCUT2D eigenvalue weighted by molar-refractivity contribution is 7.92. The van der Waals surface area contributed by atoms with Gasteiger partial charge in [-0.1, -0.05) is 0 Å². The molecule has 2 aliphatic heterocycles. The van der Waals surface area contributed by atoms with Gasteiger partial charge in [-0.3, -0.25) is 13.9 Å². The van der Waals surface area contributed by atoms with Crippen LogP contribution in [0.25, 0.3) is 0 Å². The van der Waals surface area contributed by atoms with Crippen LogP contribution in [0.1, 0.15) is 61.4 Å². The van der Waals surface area contributed by atoms with Crippen molar-refractivity contribution in [3.05, 3.63) is 29.3 Å². The fraction of sp³-hybridized carbons (Fsp3) is 0.692. The number of rotatable bonds is 3. The van der Waals surface area contributed by atoms with Gasteiger partial charge in [0.05, 0.1) is 17.4 Å². The molecule has 1 saturated heterocycles. The number of amides is 2. The topological polar surface area (TPSA) is 78.0 Å². The van der Waals surface area contributed by atoms with E-state index in [4.69, 9.17) is 0 Å². The molecule has 34 heavy (non-hydrogen) atoms. The lowest BCUT2D eigenvalue weighted by atomic mass is 9.49. The van der Waals surface area contributed by atoms with E-state index in [-0.39, 0.29) is 17.4 Å². The van der Waals surface area contributed by atoms with E-state index in [2.05, 4.69) is 0 Å². The molecule has 2 heterocycles. The summed E-state index contributed by atoms with van der Waals surface area (Å²) in [6, 6.07) is 5.21. The predicted molar refractivity (Wildman–Crippen MR) is 130 cm³/mol. The molecule has 8 heteroatoms. The van der Waals surface area contributed by atoms with Gasteiger partial charge in [-0.15, -0.1) is 0 Å². The van der Waals surface area contributed by atoms with Gasteiger partial charge < -0.3 is 9.80 Å². The van der Waals surface area contributed by atoms with E-state index >= 15 is 0 Å². The van der Waals surface area contributed by atoms with Gasteiger partial charge in [0.2, 0.25) is 15.9 Å². The summed E-state index contributed by atoms with van der Waals surface area (Å²) in [5.74, 6) is 2.57. The third-order valence-electron chi connectivity index (χ3n) is 9.18. The van der Waals surface area contributed by atoms with Gasteiger partial charge in [0, 0.05) is 37.8 Å². The van der Waals surface area contributed by atoms with Crippen LogP contribution in [0.5, 0.6) is 0 Å². The molecule has 7 nitrogen and oxygen atoms in total. The third kappa shape index (κ3) is 3.55. The first kappa shape index (κ1) is 22.4. The Morgan fingerprint density at radius 1 is 0.912 bits per heavy atom. The van der Waals surface area contributed by atoms with Crippen molar-refractivity contribution >= 4 is 27.5 Å². The van der Waals surface area contributed by atoms with Crippen LogP contribution in [-0.2, 0) is 21.2 Å². The second-order valence-electron chi connectivity index (χ2n) is 11.7. The highest BCUT2D eigenvalue weighted by Crippen LogP contribution is 2.60. The average molecular weight is 486 g/mol. The number of benzene rings is 1. The summed E-state index contributed by atoms with van der Waals surface area (Å²) in [7, 11) is -3.35. The summed E-state index contributed by atoms with van der Waals surface area (Å²) >= 11 is 0. The Labute approximate surface area is 202 Å². The molecule has 4 bridgehead atoms. The molecule has 7 rings (SSSR count). The first-order valence-electron chi connectivity index (χ1n) is 12.8. The van der Waals surface area contributed by atoms with E-state index in [1.54, 1.807) is 12.1 Å². The van der Waals surface area contributed by atoms with Gasteiger partial charge in [-0.25, -0.2) is 8.42 Å².